The summed E-state index contributed by atoms with van der Waals surface area (Å²) in [6.45, 7) is 7.75. The maximum Gasteiger partial charge on any atom is 0.123 e. The van der Waals surface area contributed by atoms with Crippen LogP contribution in [0.25, 0.3) is 0 Å². The fourth-order valence-corrected chi connectivity index (χ4v) is 3.56. The third-order valence-corrected chi connectivity index (χ3v) is 4.12. The fraction of sp³-hybridized carbons (Fsp3) is 0.333. The largest absolute Gasteiger partial charge is 0.466 e. The highest BCUT2D eigenvalue weighted by Crippen LogP contribution is 2.38. The maximum absolute atomic E-state index is 13.3. The average Bonchev–Trinajstić information content (AvgIpc) is 2.56. The van der Waals surface area contributed by atoms with Crippen molar-refractivity contribution in [3.63, 3.8) is 0 Å². The van der Waals surface area contributed by atoms with E-state index in [2.05, 4.69) is 15.9 Å². The third kappa shape index (κ3) is 2.37. The molecule has 0 amide bonds. The molecule has 1 aromatic carbocycles. The number of halogens is 2. The summed E-state index contributed by atoms with van der Waals surface area (Å²) in [5.41, 5.74) is 4.12. The predicted octanol–water partition coefficient (Wildman–Crippen LogP) is 5.14. The molecule has 0 aliphatic carbocycles. The lowest BCUT2D eigenvalue weighted by atomic mass is 9.96. The van der Waals surface area contributed by atoms with Gasteiger partial charge < -0.3 is 4.42 Å². The Morgan fingerprint density at radius 3 is 2.06 bits per heavy atom. The van der Waals surface area contributed by atoms with E-state index in [1.54, 1.807) is 12.1 Å². The molecule has 0 radical (unpaired) electrons. The first-order chi connectivity index (χ1) is 8.40. The monoisotopic (exact) mass is 310 g/mol. The number of alkyl halides is 1. The van der Waals surface area contributed by atoms with E-state index in [4.69, 9.17) is 4.42 Å². The zero-order valence-corrected chi connectivity index (χ0v) is 12.6. The Morgan fingerprint density at radius 2 is 1.61 bits per heavy atom. The summed E-state index contributed by atoms with van der Waals surface area (Å²) in [6, 6.07) is 5.16. The van der Waals surface area contributed by atoms with E-state index in [9.17, 15) is 4.39 Å². The fourth-order valence-electron chi connectivity index (χ4n) is 2.38. The number of rotatable bonds is 2. The lowest BCUT2D eigenvalue weighted by Gasteiger charge is -2.16. The minimum atomic E-state index is -0.187. The molecule has 0 N–H and O–H groups in total. The highest BCUT2D eigenvalue weighted by atomic mass is 79.9. The van der Waals surface area contributed by atoms with Gasteiger partial charge in [-0.3, -0.25) is 0 Å². The van der Waals surface area contributed by atoms with Crippen molar-refractivity contribution in [2.75, 3.05) is 0 Å². The van der Waals surface area contributed by atoms with Crippen molar-refractivity contribution in [2.45, 2.75) is 32.5 Å². The molecular formula is C15H16BrFO. The molecule has 96 valence electrons. The van der Waals surface area contributed by atoms with E-state index in [0.29, 0.717) is 0 Å². The van der Waals surface area contributed by atoms with Gasteiger partial charge in [-0.25, -0.2) is 4.39 Å². The molecule has 0 aliphatic heterocycles. The Kier molecular flexibility index (Phi) is 3.62. The third-order valence-electron chi connectivity index (χ3n) is 3.16. The molecule has 1 aromatic heterocycles. The van der Waals surface area contributed by atoms with Crippen molar-refractivity contribution in [1.82, 2.24) is 0 Å². The van der Waals surface area contributed by atoms with E-state index in [0.717, 1.165) is 33.8 Å². The minimum absolute atomic E-state index is 0.0375. The predicted molar refractivity (Wildman–Crippen MR) is 74.8 cm³/mol. The maximum atomic E-state index is 13.3. The number of hydrogen-bond acceptors (Lipinski definition) is 1. The second-order valence-corrected chi connectivity index (χ2v) is 5.60. The van der Waals surface area contributed by atoms with Crippen molar-refractivity contribution in [1.29, 1.82) is 0 Å². The second kappa shape index (κ2) is 4.88. The van der Waals surface area contributed by atoms with Crippen molar-refractivity contribution in [3.8, 4) is 0 Å². The van der Waals surface area contributed by atoms with Crippen molar-refractivity contribution < 1.29 is 8.81 Å². The average molecular weight is 311 g/mol. The Labute approximate surface area is 115 Å². The standard InChI is InChI=1S/C15H16BrFO/c1-8-5-12(17)6-9(2)14(8)15(16)13-7-10(3)18-11(13)4/h5-7,15H,1-4H3. The topological polar surface area (TPSA) is 13.1 Å². The van der Waals surface area contributed by atoms with Gasteiger partial charge in [0, 0.05) is 5.56 Å². The van der Waals surface area contributed by atoms with Gasteiger partial charge in [0.15, 0.2) is 0 Å². The quantitative estimate of drug-likeness (QED) is 0.700. The highest BCUT2D eigenvalue weighted by Gasteiger charge is 2.20. The van der Waals surface area contributed by atoms with Crippen LogP contribution in [0, 0.1) is 33.5 Å². The van der Waals surface area contributed by atoms with Crippen LogP contribution in [0.2, 0.25) is 0 Å². The molecule has 0 saturated heterocycles. The number of aryl methyl sites for hydroxylation is 4. The SMILES string of the molecule is Cc1cc(C(Br)c2c(C)cc(F)cc2C)c(C)o1. The van der Waals surface area contributed by atoms with Crippen LogP contribution in [0.1, 0.15) is 38.6 Å². The highest BCUT2D eigenvalue weighted by molar-refractivity contribution is 9.09. The van der Waals surface area contributed by atoms with Crippen LogP contribution >= 0.6 is 15.9 Å². The second-order valence-electron chi connectivity index (χ2n) is 4.68. The van der Waals surface area contributed by atoms with Crippen LogP contribution < -0.4 is 0 Å². The first kappa shape index (κ1) is 13.3. The molecule has 2 rings (SSSR count). The van der Waals surface area contributed by atoms with Gasteiger partial charge in [0.05, 0.1) is 4.83 Å². The summed E-state index contributed by atoms with van der Waals surface area (Å²) in [5, 5.41) is 0. The molecule has 1 unspecified atom stereocenters. The summed E-state index contributed by atoms with van der Waals surface area (Å²) >= 11 is 3.70. The Balaban J connectivity index is 2.52. The molecule has 0 aliphatic rings. The van der Waals surface area contributed by atoms with Crippen LogP contribution in [0.5, 0.6) is 0 Å². The van der Waals surface area contributed by atoms with Gasteiger partial charge in [0.2, 0.25) is 0 Å². The van der Waals surface area contributed by atoms with Crippen molar-refractivity contribution in [3.05, 3.63) is 57.8 Å². The Bertz CT molecular complexity index is 563. The van der Waals surface area contributed by atoms with Crippen molar-refractivity contribution in [2.24, 2.45) is 0 Å². The first-order valence-corrected chi connectivity index (χ1v) is 6.79. The molecule has 1 heterocycles. The summed E-state index contributed by atoms with van der Waals surface area (Å²) in [5.74, 6) is 1.61. The molecule has 0 spiro atoms. The van der Waals surface area contributed by atoms with Crippen LogP contribution in [0.15, 0.2) is 22.6 Å². The van der Waals surface area contributed by atoms with Crippen LogP contribution in [0.4, 0.5) is 4.39 Å². The molecule has 1 atom stereocenters. The Hall–Kier alpha value is -1.09. The zero-order valence-electron chi connectivity index (χ0n) is 11.0. The van der Waals surface area contributed by atoms with Gasteiger partial charge in [0.25, 0.3) is 0 Å². The van der Waals surface area contributed by atoms with Gasteiger partial charge in [-0.05, 0) is 62.6 Å². The van der Waals surface area contributed by atoms with Gasteiger partial charge in [-0.2, -0.15) is 0 Å². The minimum Gasteiger partial charge on any atom is -0.466 e. The molecule has 3 heteroatoms. The smallest absolute Gasteiger partial charge is 0.123 e. The van der Waals surface area contributed by atoms with Crippen molar-refractivity contribution >= 4 is 15.9 Å². The molecular weight excluding hydrogens is 295 g/mol. The van der Waals surface area contributed by atoms with Crippen LogP contribution in [-0.4, -0.2) is 0 Å². The van der Waals surface area contributed by atoms with Crippen LogP contribution in [-0.2, 0) is 0 Å². The van der Waals surface area contributed by atoms with E-state index >= 15 is 0 Å². The summed E-state index contributed by atoms with van der Waals surface area (Å²) in [6.07, 6.45) is 0. The normalized spacial score (nSPS) is 12.8. The van der Waals surface area contributed by atoms with Gasteiger partial charge in [0.1, 0.15) is 17.3 Å². The van der Waals surface area contributed by atoms with Gasteiger partial charge >= 0.3 is 0 Å². The molecule has 0 fully saturated rings. The van der Waals surface area contributed by atoms with Gasteiger partial charge in [-0.1, -0.05) is 15.9 Å². The lowest BCUT2D eigenvalue weighted by Crippen LogP contribution is -2.00. The van der Waals surface area contributed by atoms with Gasteiger partial charge in [-0.15, -0.1) is 0 Å². The molecule has 2 aromatic rings. The Morgan fingerprint density at radius 1 is 1.06 bits per heavy atom. The first-order valence-electron chi connectivity index (χ1n) is 5.87. The molecule has 0 saturated carbocycles. The van der Waals surface area contributed by atoms with E-state index in [1.165, 1.54) is 0 Å². The van der Waals surface area contributed by atoms with E-state index < -0.39 is 0 Å². The summed E-state index contributed by atoms with van der Waals surface area (Å²) < 4.78 is 18.9. The lowest BCUT2D eigenvalue weighted by molar-refractivity contribution is 0.502. The molecule has 0 bridgehead atoms. The van der Waals surface area contributed by atoms with E-state index in [-0.39, 0.29) is 10.6 Å². The zero-order chi connectivity index (χ0) is 13.4. The summed E-state index contributed by atoms with van der Waals surface area (Å²) in [7, 11) is 0. The molecule has 18 heavy (non-hydrogen) atoms. The van der Waals surface area contributed by atoms with E-state index in [1.807, 2.05) is 33.8 Å². The number of furan rings is 1. The van der Waals surface area contributed by atoms with Crippen LogP contribution in [0.3, 0.4) is 0 Å². The molecule has 1 nitrogen and oxygen atoms in total. The number of benzene rings is 1. The summed E-state index contributed by atoms with van der Waals surface area (Å²) in [4.78, 5) is 0.0375. The number of hydrogen-bond donors (Lipinski definition) is 0.